The highest BCUT2D eigenvalue weighted by molar-refractivity contribution is 7.97. The van der Waals surface area contributed by atoms with Gasteiger partial charge in [-0.15, -0.1) is 0 Å². The van der Waals surface area contributed by atoms with Crippen LogP contribution in [0.4, 0.5) is 0 Å². The van der Waals surface area contributed by atoms with Gasteiger partial charge in [0.2, 0.25) is 0 Å². The van der Waals surface area contributed by atoms with Crippen LogP contribution in [0.3, 0.4) is 0 Å². The van der Waals surface area contributed by atoms with Crippen molar-refractivity contribution in [2.45, 2.75) is 68.6 Å². The second-order valence-electron chi connectivity index (χ2n) is 9.48. The maximum absolute atomic E-state index is 2.57. The average Bonchev–Trinajstić information content (AvgIpc) is 2.79. The molecule has 2 fully saturated rings. The van der Waals surface area contributed by atoms with Crippen molar-refractivity contribution in [3.8, 4) is 0 Å². The molecule has 0 bridgehead atoms. The number of nitrogens with zero attached hydrogens (tertiary/aromatic N) is 2. The van der Waals surface area contributed by atoms with Gasteiger partial charge in [0, 0.05) is 36.0 Å². The Kier molecular flexibility index (Phi) is 8.83. The van der Waals surface area contributed by atoms with Crippen LogP contribution in [-0.4, -0.2) is 34.8 Å². The fraction of sp³-hybridized carbons (Fsp3) is 0.556. The number of aryl methyl sites for hydroxylation is 2. The molecule has 168 valence electrons. The second kappa shape index (κ2) is 11.8. The summed E-state index contributed by atoms with van der Waals surface area (Å²) in [5.41, 5.74) is 2.69. The lowest BCUT2D eigenvalue weighted by Crippen LogP contribution is -2.29. The van der Waals surface area contributed by atoms with Crippen molar-refractivity contribution in [1.82, 2.24) is 8.61 Å². The first kappa shape index (κ1) is 23.2. The molecule has 0 aromatic heterocycles. The second-order valence-corrected chi connectivity index (χ2v) is 11.8. The molecule has 31 heavy (non-hydrogen) atoms. The maximum atomic E-state index is 2.57. The highest BCUT2D eigenvalue weighted by Gasteiger charge is 2.22. The number of piperidine rings is 2. The Morgan fingerprint density at radius 1 is 0.613 bits per heavy atom. The summed E-state index contributed by atoms with van der Waals surface area (Å²) >= 11 is 3.90. The number of hydrogen-bond donors (Lipinski definition) is 0. The van der Waals surface area contributed by atoms with Crippen LogP contribution in [0.5, 0.6) is 0 Å². The van der Waals surface area contributed by atoms with Gasteiger partial charge in [0.25, 0.3) is 0 Å². The smallest absolute Gasteiger partial charge is 0.0230 e. The predicted molar refractivity (Wildman–Crippen MR) is 137 cm³/mol. The first-order chi connectivity index (χ1) is 15.1. The molecule has 0 amide bonds. The maximum Gasteiger partial charge on any atom is 0.0230 e. The lowest BCUT2D eigenvalue weighted by atomic mass is 9.87. The summed E-state index contributed by atoms with van der Waals surface area (Å²) in [6.07, 6.45) is 9.85. The summed E-state index contributed by atoms with van der Waals surface area (Å²) in [4.78, 5) is 2.77. The van der Waals surface area contributed by atoms with Gasteiger partial charge < -0.3 is 0 Å². The fourth-order valence-electron chi connectivity index (χ4n) is 4.77. The third-order valence-corrected chi connectivity index (χ3v) is 9.10. The molecule has 4 heteroatoms. The lowest BCUT2D eigenvalue weighted by molar-refractivity contribution is 0.246. The first-order valence-corrected chi connectivity index (χ1v) is 13.7. The van der Waals surface area contributed by atoms with E-state index >= 15 is 0 Å². The monoisotopic (exact) mass is 454 g/mol. The van der Waals surface area contributed by atoms with E-state index in [0.717, 1.165) is 11.8 Å². The predicted octanol–water partition coefficient (Wildman–Crippen LogP) is 7.61. The van der Waals surface area contributed by atoms with Crippen molar-refractivity contribution in [3.05, 3.63) is 59.7 Å². The normalized spacial score (nSPS) is 19.7. The van der Waals surface area contributed by atoms with Crippen molar-refractivity contribution in [2.24, 2.45) is 11.8 Å². The molecule has 4 rings (SSSR count). The molecule has 2 aliphatic heterocycles. The van der Waals surface area contributed by atoms with Gasteiger partial charge in [0.15, 0.2) is 0 Å². The van der Waals surface area contributed by atoms with Crippen molar-refractivity contribution < 1.29 is 0 Å². The number of benzene rings is 2. The number of rotatable bonds is 8. The van der Waals surface area contributed by atoms with E-state index in [1.165, 1.54) is 92.0 Å². The van der Waals surface area contributed by atoms with Gasteiger partial charge in [0.05, 0.1) is 0 Å². The quantitative estimate of drug-likeness (QED) is 0.378. The Morgan fingerprint density at radius 2 is 0.968 bits per heavy atom. The van der Waals surface area contributed by atoms with Crippen LogP contribution in [0.25, 0.3) is 0 Å². The van der Waals surface area contributed by atoms with Gasteiger partial charge in [0.1, 0.15) is 0 Å². The van der Waals surface area contributed by atoms with E-state index in [1.807, 2.05) is 23.9 Å². The first-order valence-electron chi connectivity index (χ1n) is 12.1. The van der Waals surface area contributed by atoms with Crippen LogP contribution < -0.4 is 0 Å². The molecule has 0 atom stereocenters. The molecular formula is C27H38N2S2. The van der Waals surface area contributed by atoms with E-state index in [2.05, 4.69) is 71.0 Å². The zero-order valence-electron chi connectivity index (χ0n) is 19.3. The van der Waals surface area contributed by atoms with Crippen LogP contribution in [0, 0.1) is 25.7 Å². The van der Waals surface area contributed by atoms with Crippen LogP contribution >= 0.6 is 23.9 Å². The van der Waals surface area contributed by atoms with E-state index < -0.39 is 0 Å². The summed E-state index contributed by atoms with van der Waals surface area (Å²) in [5, 5.41) is 0. The minimum Gasteiger partial charge on any atom is -0.246 e. The molecule has 2 heterocycles. The van der Waals surface area contributed by atoms with Crippen LogP contribution in [-0.2, 0) is 0 Å². The van der Waals surface area contributed by atoms with Gasteiger partial charge in [-0.3, -0.25) is 0 Å². The van der Waals surface area contributed by atoms with E-state index in [4.69, 9.17) is 0 Å². The Hall–Kier alpha value is -0.940. The zero-order valence-corrected chi connectivity index (χ0v) is 20.9. The molecule has 2 aromatic carbocycles. The van der Waals surface area contributed by atoms with Gasteiger partial charge in [-0.25, -0.2) is 8.61 Å². The molecular weight excluding hydrogens is 416 g/mol. The average molecular weight is 455 g/mol. The Balaban J connectivity index is 1.08. The summed E-state index contributed by atoms with van der Waals surface area (Å²) in [7, 11) is 0. The summed E-state index contributed by atoms with van der Waals surface area (Å²) < 4.78 is 5.14. The molecule has 0 saturated carbocycles. The molecule has 0 unspecified atom stereocenters. The Morgan fingerprint density at radius 3 is 1.32 bits per heavy atom. The molecule has 2 aromatic rings. The lowest BCUT2D eigenvalue weighted by Gasteiger charge is -2.32. The van der Waals surface area contributed by atoms with Crippen LogP contribution in [0.15, 0.2) is 58.3 Å². The Bertz CT molecular complexity index is 706. The third-order valence-electron chi connectivity index (χ3n) is 6.88. The van der Waals surface area contributed by atoms with Crippen molar-refractivity contribution in [2.75, 3.05) is 26.2 Å². The molecule has 0 aliphatic carbocycles. The minimum atomic E-state index is 0.951. The molecule has 2 aliphatic rings. The largest absolute Gasteiger partial charge is 0.246 e. The third kappa shape index (κ3) is 7.56. The summed E-state index contributed by atoms with van der Waals surface area (Å²) in [6, 6.07) is 17.9. The highest BCUT2D eigenvalue weighted by atomic mass is 32.2. The van der Waals surface area contributed by atoms with E-state index in [-0.39, 0.29) is 0 Å². The molecule has 0 radical (unpaired) electrons. The van der Waals surface area contributed by atoms with E-state index in [9.17, 15) is 0 Å². The van der Waals surface area contributed by atoms with E-state index in [0.29, 0.717) is 0 Å². The van der Waals surface area contributed by atoms with Crippen LogP contribution in [0.2, 0.25) is 0 Å². The van der Waals surface area contributed by atoms with Crippen molar-refractivity contribution in [1.29, 1.82) is 0 Å². The van der Waals surface area contributed by atoms with Crippen molar-refractivity contribution in [3.63, 3.8) is 0 Å². The molecule has 0 N–H and O–H groups in total. The zero-order chi connectivity index (χ0) is 21.5. The minimum absolute atomic E-state index is 0.951. The van der Waals surface area contributed by atoms with Crippen LogP contribution in [0.1, 0.15) is 56.1 Å². The van der Waals surface area contributed by atoms with E-state index in [1.54, 1.807) is 0 Å². The van der Waals surface area contributed by atoms with Gasteiger partial charge in [-0.2, -0.15) is 0 Å². The molecule has 2 nitrogen and oxygen atoms in total. The SMILES string of the molecule is Cc1ccc(SN2CCC(CCCC3CCN(Sc4ccc(C)cc4)CC3)CC2)cc1. The summed E-state index contributed by atoms with van der Waals surface area (Å²) in [6.45, 7) is 9.31. The topological polar surface area (TPSA) is 6.48 Å². The fourth-order valence-corrected chi connectivity index (χ4v) is 6.67. The standard InChI is InChI=1S/C27H38N2S2/c1-22-6-10-26(11-7-22)30-28-18-14-24(15-19-28)4-3-5-25-16-20-29(21-17-25)31-27-12-8-23(2)9-13-27/h6-13,24-25H,3-5,14-21H2,1-2H3. The van der Waals surface area contributed by atoms with Gasteiger partial charge in [-0.1, -0.05) is 54.7 Å². The highest BCUT2D eigenvalue weighted by Crippen LogP contribution is 2.33. The Labute approximate surface area is 198 Å². The number of hydrogen-bond acceptors (Lipinski definition) is 4. The van der Waals surface area contributed by atoms with Gasteiger partial charge >= 0.3 is 0 Å². The molecule has 2 saturated heterocycles. The van der Waals surface area contributed by atoms with Crippen molar-refractivity contribution >= 4 is 23.9 Å². The molecule has 0 spiro atoms. The van der Waals surface area contributed by atoms with Gasteiger partial charge in [-0.05, 0) is 99.5 Å². The summed E-state index contributed by atoms with van der Waals surface area (Å²) in [5.74, 6) is 1.90.